The van der Waals surface area contributed by atoms with Crippen LogP contribution in [0.1, 0.15) is 67.2 Å². The van der Waals surface area contributed by atoms with Crippen LogP contribution in [0.25, 0.3) is 0 Å². The molecule has 3 nitrogen and oxygen atoms in total. The molecule has 2 saturated carbocycles. The van der Waals surface area contributed by atoms with Crippen LogP contribution >= 0.6 is 15.9 Å². The van der Waals surface area contributed by atoms with E-state index in [1.54, 1.807) is 6.07 Å². The average molecular weight is 522 g/mol. The van der Waals surface area contributed by atoms with Gasteiger partial charge in [0.1, 0.15) is 5.75 Å². The van der Waals surface area contributed by atoms with E-state index in [0.717, 1.165) is 37.3 Å². The summed E-state index contributed by atoms with van der Waals surface area (Å²) in [6, 6.07) is 10.7. The zero-order chi connectivity index (χ0) is 24.0. The van der Waals surface area contributed by atoms with Gasteiger partial charge >= 0.3 is 6.18 Å². The highest BCUT2D eigenvalue weighted by atomic mass is 79.9. The molecule has 0 aliphatic heterocycles. The standard InChI is InChI=1S/C18H24O2.C8H3BrF3N/c1-18-9-8-14-13-5-3-12(19)10-11(13)2-4-15(14)16(18)6-7-17(18)20;9-7-2-5(4-13)1-6(3-7)8(10,11)12/h3,5,10,14-17,19-20H,2,4,6-9H2,1H3;1-3H/t14-,15-,16+,17+,18+;/m1./s1. The summed E-state index contributed by atoms with van der Waals surface area (Å²) in [5, 5.41) is 28.5. The number of aromatic hydroxyl groups is 1. The Hall–Kier alpha value is -2.04. The number of hydrogen-bond acceptors (Lipinski definition) is 3. The van der Waals surface area contributed by atoms with Crippen molar-refractivity contribution in [1.29, 1.82) is 5.26 Å². The van der Waals surface area contributed by atoms with Crippen LogP contribution in [-0.4, -0.2) is 16.3 Å². The van der Waals surface area contributed by atoms with Crippen LogP contribution in [0, 0.1) is 28.6 Å². The number of rotatable bonds is 0. The molecule has 3 aliphatic carbocycles. The highest BCUT2D eigenvalue weighted by molar-refractivity contribution is 9.10. The maximum atomic E-state index is 12.2. The van der Waals surface area contributed by atoms with E-state index in [0.29, 0.717) is 17.6 Å². The van der Waals surface area contributed by atoms with Gasteiger partial charge in [-0.1, -0.05) is 28.9 Å². The smallest absolute Gasteiger partial charge is 0.416 e. The van der Waals surface area contributed by atoms with Crippen LogP contribution in [0.4, 0.5) is 13.2 Å². The number of aryl methyl sites for hydroxylation is 1. The largest absolute Gasteiger partial charge is 0.508 e. The van der Waals surface area contributed by atoms with Gasteiger partial charge < -0.3 is 10.2 Å². The summed E-state index contributed by atoms with van der Waals surface area (Å²) in [6.45, 7) is 2.32. The van der Waals surface area contributed by atoms with E-state index >= 15 is 0 Å². The molecule has 0 radical (unpaired) electrons. The first-order chi connectivity index (χ1) is 15.5. The van der Waals surface area contributed by atoms with Crippen LogP contribution < -0.4 is 0 Å². The van der Waals surface area contributed by atoms with Gasteiger partial charge in [-0.25, -0.2) is 0 Å². The Bertz CT molecular complexity index is 1080. The Labute approximate surface area is 200 Å². The van der Waals surface area contributed by atoms with Gasteiger partial charge in [0, 0.05) is 4.47 Å². The van der Waals surface area contributed by atoms with E-state index in [-0.39, 0.29) is 21.6 Å². The van der Waals surface area contributed by atoms with Crippen molar-refractivity contribution in [3.8, 4) is 11.8 Å². The second kappa shape index (κ2) is 8.96. The van der Waals surface area contributed by atoms with Crippen molar-refractivity contribution in [3.63, 3.8) is 0 Å². The molecule has 0 saturated heterocycles. The predicted octanol–water partition coefficient (Wildman–Crippen LogP) is 6.95. The van der Waals surface area contributed by atoms with Crippen molar-refractivity contribution in [1.82, 2.24) is 0 Å². The Morgan fingerprint density at radius 3 is 2.55 bits per heavy atom. The molecule has 0 heterocycles. The summed E-state index contributed by atoms with van der Waals surface area (Å²) in [5.41, 5.74) is 2.16. The third-order valence-electron chi connectivity index (χ3n) is 8.01. The quantitative estimate of drug-likeness (QED) is 0.394. The summed E-state index contributed by atoms with van der Waals surface area (Å²) in [6.07, 6.45) is 2.37. The fraction of sp³-hybridized carbons (Fsp3) is 0.500. The first-order valence-electron chi connectivity index (χ1n) is 11.3. The normalized spacial score (nSPS) is 30.2. The molecule has 0 spiro atoms. The van der Waals surface area contributed by atoms with Crippen LogP contribution in [0.3, 0.4) is 0 Å². The molecule has 0 unspecified atom stereocenters. The van der Waals surface area contributed by atoms with Gasteiger partial charge in [-0.2, -0.15) is 18.4 Å². The van der Waals surface area contributed by atoms with Crippen LogP contribution in [0.5, 0.6) is 5.75 Å². The molecule has 3 aliphatic rings. The zero-order valence-electron chi connectivity index (χ0n) is 18.4. The molecule has 5 rings (SSSR count). The molecule has 2 aromatic carbocycles. The summed E-state index contributed by atoms with van der Waals surface area (Å²) >= 11 is 2.90. The fourth-order valence-electron chi connectivity index (χ4n) is 6.36. The predicted molar refractivity (Wildman–Crippen MR) is 123 cm³/mol. The second-order valence-corrected chi connectivity index (χ2v) is 10.7. The maximum absolute atomic E-state index is 12.2. The monoisotopic (exact) mass is 521 g/mol. The van der Waals surface area contributed by atoms with Gasteiger partial charge in [0.15, 0.2) is 0 Å². The minimum absolute atomic E-state index is 0.0123. The number of phenols is 1. The van der Waals surface area contributed by atoms with Gasteiger partial charge in [0.25, 0.3) is 0 Å². The second-order valence-electron chi connectivity index (χ2n) is 9.77. The van der Waals surface area contributed by atoms with E-state index in [2.05, 4.69) is 28.9 Å². The lowest BCUT2D eigenvalue weighted by atomic mass is 9.55. The molecule has 0 amide bonds. The maximum Gasteiger partial charge on any atom is 0.416 e. The van der Waals surface area contributed by atoms with E-state index < -0.39 is 11.7 Å². The SMILES string of the molecule is C[C@]12CC[C@@H]3c4ccc(O)cc4CC[C@H]3[C@@H]1CC[C@@H]2O.N#Cc1cc(Br)cc(C(F)(F)F)c1. The summed E-state index contributed by atoms with van der Waals surface area (Å²) in [4.78, 5) is 0. The highest BCUT2D eigenvalue weighted by Gasteiger charge is 2.54. The molecule has 2 fully saturated rings. The number of benzene rings is 2. The number of fused-ring (bicyclic) bond motifs is 5. The summed E-state index contributed by atoms with van der Waals surface area (Å²) in [5.74, 6) is 2.49. The van der Waals surface area contributed by atoms with Gasteiger partial charge in [-0.15, -0.1) is 0 Å². The van der Waals surface area contributed by atoms with Crippen LogP contribution in [0.2, 0.25) is 0 Å². The lowest BCUT2D eigenvalue weighted by Gasteiger charge is -2.50. The number of phenolic OH excluding ortho intramolecular Hbond substituents is 1. The number of nitrogens with zero attached hydrogens (tertiary/aromatic N) is 1. The van der Waals surface area contributed by atoms with Crippen LogP contribution in [-0.2, 0) is 12.6 Å². The number of aliphatic hydroxyl groups excluding tert-OH is 1. The molecule has 176 valence electrons. The number of alkyl halides is 3. The van der Waals surface area contributed by atoms with Crippen molar-refractivity contribution in [3.05, 3.63) is 63.1 Å². The topological polar surface area (TPSA) is 64.2 Å². The van der Waals surface area contributed by atoms with Gasteiger partial charge in [-0.05, 0) is 103 Å². The van der Waals surface area contributed by atoms with Gasteiger partial charge in [-0.3, -0.25) is 0 Å². The number of nitriles is 1. The number of aliphatic hydroxyl groups is 1. The Balaban J connectivity index is 0.000000174. The van der Waals surface area contributed by atoms with Crippen molar-refractivity contribution >= 4 is 15.9 Å². The molecule has 33 heavy (non-hydrogen) atoms. The fourth-order valence-corrected chi connectivity index (χ4v) is 6.85. The minimum Gasteiger partial charge on any atom is -0.508 e. The first-order valence-corrected chi connectivity index (χ1v) is 12.1. The molecule has 0 bridgehead atoms. The van der Waals surface area contributed by atoms with E-state index in [1.165, 1.54) is 36.5 Å². The van der Waals surface area contributed by atoms with E-state index in [9.17, 15) is 23.4 Å². The van der Waals surface area contributed by atoms with Crippen molar-refractivity contribution < 1.29 is 23.4 Å². The zero-order valence-corrected chi connectivity index (χ0v) is 20.0. The number of halogens is 4. The number of hydrogen-bond donors (Lipinski definition) is 2. The Morgan fingerprint density at radius 1 is 1.09 bits per heavy atom. The first kappa shape index (κ1) is 24.1. The van der Waals surface area contributed by atoms with Crippen molar-refractivity contribution in [2.75, 3.05) is 0 Å². The molecule has 2 N–H and O–H groups in total. The molecular formula is C26H27BrF3NO2. The minimum atomic E-state index is -4.41. The third-order valence-corrected chi connectivity index (χ3v) is 8.47. The third kappa shape index (κ3) is 4.65. The molecule has 0 aromatic heterocycles. The molecule has 2 aromatic rings. The van der Waals surface area contributed by atoms with E-state index in [4.69, 9.17) is 5.26 Å². The van der Waals surface area contributed by atoms with Crippen LogP contribution in [0.15, 0.2) is 40.9 Å². The summed E-state index contributed by atoms with van der Waals surface area (Å²) < 4.78 is 36.7. The van der Waals surface area contributed by atoms with Crippen molar-refractivity contribution in [2.45, 2.75) is 63.6 Å². The Kier molecular flexibility index (Phi) is 6.54. The summed E-state index contributed by atoms with van der Waals surface area (Å²) in [7, 11) is 0. The molecular weight excluding hydrogens is 495 g/mol. The Morgan fingerprint density at radius 2 is 1.85 bits per heavy atom. The van der Waals surface area contributed by atoms with Gasteiger partial charge in [0.2, 0.25) is 0 Å². The van der Waals surface area contributed by atoms with E-state index in [1.807, 2.05) is 12.1 Å². The van der Waals surface area contributed by atoms with Gasteiger partial charge in [0.05, 0.1) is 23.3 Å². The molecule has 5 atom stereocenters. The lowest BCUT2D eigenvalue weighted by molar-refractivity contribution is -0.137. The average Bonchev–Trinajstić information content (AvgIpc) is 3.07. The van der Waals surface area contributed by atoms with Crippen molar-refractivity contribution in [2.24, 2.45) is 17.3 Å². The lowest BCUT2D eigenvalue weighted by Crippen LogP contribution is -2.43. The molecule has 7 heteroatoms. The highest BCUT2D eigenvalue weighted by Crippen LogP contribution is 2.60.